The molecule has 0 saturated heterocycles. The number of nitrogens with one attached hydrogen (secondary N) is 3. The van der Waals surface area contributed by atoms with E-state index in [4.69, 9.17) is 0 Å². The lowest BCUT2D eigenvalue weighted by atomic mass is 10.1. The number of hydrogen-bond acceptors (Lipinski definition) is 7. The molecule has 1 atom stereocenters. The van der Waals surface area contributed by atoms with Gasteiger partial charge in [0.05, 0.1) is 10.8 Å². The second-order valence-corrected chi connectivity index (χ2v) is 9.22. The van der Waals surface area contributed by atoms with E-state index in [0.29, 0.717) is 34.6 Å². The molecule has 0 bridgehead atoms. The highest BCUT2D eigenvalue weighted by Crippen LogP contribution is 2.31. The molecule has 0 amide bonds. The summed E-state index contributed by atoms with van der Waals surface area (Å²) in [5.41, 5.74) is 4.34. The summed E-state index contributed by atoms with van der Waals surface area (Å²) in [5, 5.41) is 37.1. The van der Waals surface area contributed by atoms with E-state index in [-0.39, 0.29) is 35.4 Å². The van der Waals surface area contributed by atoms with E-state index in [1.165, 1.54) is 17.2 Å². The zero-order valence-electron chi connectivity index (χ0n) is 19.6. The van der Waals surface area contributed by atoms with Crippen molar-refractivity contribution in [1.82, 2.24) is 15.6 Å². The van der Waals surface area contributed by atoms with Crippen molar-refractivity contribution in [2.45, 2.75) is 25.5 Å². The van der Waals surface area contributed by atoms with E-state index in [2.05, 4.69) is 33.8 Å². The highest BCUT2D eigenvalue weighted by Gasteiger charge is 2.15. The van der Waals surface area contributed by atoms with Crippen LogP contribution in [0.2, 0.25) is 0 Å². The molecule has 36 heavy (non-hydrogen) atoms. The van der Waals surface area contributed by atoms with Gasteiger partial charge in [0.2, 0.25) is 0 Å². The number of rotatable bonds is 11. The van der Waals surface area contributed by atoms with E-state index in [9.17, 15) is 20.1 Å². The SMILES string of the molecule is Cl.Cl.O=c1[nH]c2c(O)ccc(C(O)CNCCc3cccc(CNCCc4ccccc4O)c3)c2s1. The van der Waals surface area contributed by atoms with Crippen LogP contribution in [-0.4, -0.2) is 39.9 Å². The van der Waals surface area contributed by atoms with Crippen LogP contribution in [0, 0.1) is 0 Å². The van der Waals surface area contributed by atoms with Gasteiger partial charge in [-0.2, -0.15) is 0 Å². The molecule has 1 heterocycles. The van der Waals surface area contributed by atoms with Gasteiger partial charge >= 0.3 is 4.87 Å². The van der Waals surface area contributed by atoms with Crippen LogP contribution in [0.1, 0.15) is 28.4 Å². The van der Waals surface area contributed by atoms with E-state index in [1.807, 2.05) is 24.3 Å². The first kappa shape index (κ1) is 29.6. The van der Waals surface area contributed by atoms with E-state index < -0.39 is 6.10 Å². The molecule has 0 radical (unpaired) electrons. The molecule has 1 aromatic heterocycles. The Morgan fingerprint density at radius 1 is 0.861 bits per heavy atom. The van der Waals surface area contributed by atoms with Crippen LogP contribution >= 0.6 is 36.2 Å². The maximum atomic E-state index is 11.7. The molecule has 10 heteroatoms. The minimum absolute atomic E-state index is 0. The number of aromatic hydroxyl groups is 2. The Bertz CT molecular complexity index is 1310. The first-order chi connectivity index (χ1) is 16.5. The summed E-state index contributed by atoms with van der Waals surface area (Å²) >= 11 is 0.989. The topological polar surface area (TPSA) is 118 Å². The predicted molar refractivity (Wildman–Crippen MR) is 150 cm³/mol. The van der Waals surface area contributed by atoms with Crippen molar-refractivity contribution in [1.29, 1.82) is 0 Å². The number of hydrogen-bond donors (Lipinski definition) is 6. The van der Waals surface area contributed by atoms with Crippen LogP contribution in [0.5, 0.6) is 11.5 Å². The third-order valence-corrected chi connectivity index (χ3v) is 6.69. The number of H-pyrrole nitrogens is 1. The summed E-state index contributed by atoms with van der Waals surface area (Å²) in [6, 6.07) is 18.9. The van der Waals surface area contributed by atoms with Gasteiger partial charge < -0.3 is 30.9 Å². The number of thiazole rings is 1. The molecule has 1 unspecified atom stereocenters. The Morgan fingerprint density at radius 3 is 2.42 bits per heavy atom. The fourth-order valence-corrected chi connectivity index (χ4v) is 4.87. The average Bonchev–Trinajstić information content (AvgIpc) is 3.23. The molecule has 7 nitrogen and oxygen atoms in total. The molecular weight excluding hydrogens is 521 g/mol. The lowest BCUT2D eigenvalue weighted by Crippen LogP contribution is -2.24. The van der Waals surface area contributed by atoms with Crippen LogP contribution in [0.15, 0.2) is 65.5 Å². The van der Waals surface area contributed by atoms with Crippen LogP contribution in [0.25, 0.3) is 10.2 Å². The molecule has 0 aliphatic carbocycles. The first-order valence-corrected chi connectivity index (χ1v) is 12.1. The number of aromatic amines is 1. The Hall–Kier alpha value is -2.59. The predicted octanol–water partition coefficient (Wildman–Crippen LogP) is 4.04. The number of fused-ring (bicyclic) bond motifs is 1. The number of benzene rings is 3. The Balaban J connectivity index is 0.00000228. The van der Waals surface area contributed by atoms with E-state index in [1.54, 1.807) is 12.1 Å². The maximum Gasteiger partial charge on any atom is 0.305 e. The second-order valence-electron chi connectivity index (χ2n) is 8.24. The third-order valence-electron chi connectivity index (χ3n) is 5.76. The van der Waals surface area contributed by atoms with E-state index >= 15 is 0 Å². The van der Waals surface area contributed by atoms with Crippen LogP contribution in [0.4, 0.5) is 0 Å². The first-order valence-electron chi connectivity index (χ1n) is 11.3. The second kappa shape index (κ2) is 14.2. The van der Waals surface area contributed by atoms with Gasteiger partial charge in [-0.3, -0.25) is 4.79 Å². The summed E-state index contributed by atoms with van der Waals surface area (Å²) in [6.07, 6.45) is 0.807. The fraction of sp³-hybridized carbons (Fsp3) is 0.269. The van der Waals surface area contributed by atoms with Crippen LogP contribution < -0.4 is 15.5 Å². The van der Waals surface area contributed by atoms with Crippen molar-refractivity contribution < 1.29 is 15.3 Å². The van der Waals surface area contributed by atoms with Gasteiger partial charge in [0.25, 0.3) is 0 Å². The van der Waals surface area contributed by atoms with Crippen molar-refractivity contribution >= 4 is 46.4 Å². The fourth-order valence-electron chi connectivity index (χ4n) is 3.96. The number of aliphatic hydroxyl groups is 1. The van der Waals surface area contributed by atoms with Crippen molar-refractivity contribution in [3.8, 4) is 11.5 Å². The molecule has 0 fully saturated rings. The van der Waals surface area contributed by atoms with Gasteiger partial charge in [0.1, 0.15) is 17.0 Å². The zero-order valence-corrected chi connectivity index (χ0v) is 22.0. The van der Waals surface area contributed by atoms with Gasteiger partial charge in [0.15, 0.2) is 0 Å². The summed E-state index contributed by atoms with van der Waals surface area (Å²) < 4.78 is 0.585. The quantitative estimate of drug-likeness (QED) is 0.157. The summed E-state index contributed by atoms with van der Waals surface area (Å²) in [6.45, 7) is 2.58. The number of aliphatic hydroxyl groups excluding tert-OH is 1. The lowest BCUT2D eigenvalue weighted by Gasteiger charge is -2.14. The minimum Gasteiger partial charge on any atom is -0.508 e. The number of para-hydroxylation sites is 1. The van der Waals surface area contributed by atoms with E-state index in [0.717, 1.165) is 42.8 Å². The average molecular weight is 553 g/mol. The Labute approximate surface area is 226 Å². The smallest absolute Gasteiger partial charge is 0.305 e. The Morgan fingerprint density at radius 2 is 1.61 bits per heavy atom. The van der Waals surface area contributed by atoms with Gasteiger partial charge in [0, 0.05) is 18.7 Å². The number of aromatic nitrogens is 1. The number of phenols is 2. The highest BCUT2D eigenvalue weighted by atomic mass is 35.5. The molecule has 4 rings (SSSR count). The highest BCUT2D eigenvalue weighted by molar-refractivity contribution is 7.16. The van der Waals surface area contributed by atoms with Gasteiger partial charge in [-0.1, -0.05) is 59.9 Å². The molecule has 6 N–H and O–H groups in total. The molecule has 0 spiro atoms. The summed E-state index contributed by atoms with van der Waals surface area (Å²) in [5.74, 6) is 0.340. The normalized spacial score (nSPS) is 11.6. The summed E-state index contributed by atoms with van der Waals surface area (Å²) in [4.78, 5) is 14.0. The monoisotopic (exact) mass is 551 g/mol. The van der Waals surface area contributed by atoms with Crippen molar-refractivity contribution in [2.75, 3.05) is 19.6 Å². The number of halogens is 2. The van der Waals surface area contributed by atoms with Gasteiger partial charge in [-0.25, -0.2) is 0 Å². The molecule has 4 aromatic rings. The Kier molecular flexibility index (Phi) is 11.7. The standard InChI is InChI=1S/C26H29N3O4S.2ClH/c30-21-7-2-1-6-19(21)11-13-27-15-18-5-3-4-17(14-18)10-12-28-16-23(32)20-8-9-22(31)24-25(20)34-26(33)29-24;;/h1-9,14,23,27-28,30-32H,10-13,15-16H2,(H,29,33);2*1H. The zero-order chi connectivity index (χ0) is 23.9. The molecule has 0 aliphatic heterocycles. The van der Waals surface area contributed by atoms with Crippen LogP contribution in [0.3, 0.4) is 0 Å². The van der Waals surface area contributed by atoms with Gasteiger partial charge in [-0.05, 0) is 54.8 Å². The van der Waals surface area contributed by atoms with Crippen LogP contribution in [-0.2, 0) is 19.4 Å². The molecule has 3 aromatic carbocycles. The third kappa shape index (κ3) is 7.70. The lowest BCUT2D eigenvalue weighted by molar-refractivity contribution is 0.176. The molecule has 0 saturated carbocycles. The largest absolute Gasteiger partial charge is 0.508 e. The minimum atomic E-state index is -0.783. The van der Waals surface area contributed by atoms with Crippen molar-refractivity contribution in [3.63, 3.8) is 0 Å². The number of phenolic OH excluding ortho intramolecular Hbond substituents is 2. The molecular formula is C26H31Cl2N3O4S. The molecule has 194 valence electrons. The summed E-state index contributed by atoms with van der Waals surface area (Å²) in [7, 11) is 0. The van der Waals surface area contributed by atoms with Gasteiger partial charge in [-0.15, -0.1) is 24.8 Å². The van der Waals surface area contributed by atoms with Crippen molar-refractivity contribution in [3.05, 3.63) is 92.6 Å². The maximum absolute atomic E-state index is 11.7. The van der Waals surface area contributed by atoms with Crippen molar-refractivity contribution in [2.24, 2.45) is 0 Å². The molecule has 0 aliphatic rings.